The lowest BCUT2D eigenvalue weighted by Crippen LogP contribution is -2.29. The van der Waals surface area contributed by atoms with Crippen molar-refractivity contribution < 1.29 is 18.7 Å². The van der Waals surface area contributed by atoms with E-state index in [-0.39, 0.29) is 13.2 Å². The molecule has 25 heavy (non-hydrogen) atoms. The van der Waals surface area contributed by atoms with Crippen LogP contribution in [0.5, 0.6) is 0 Å². The van der Waals surface area contributed by atoms with Crippen LogP contribution in [0, 0.1) is 0 Å². The van der Waals surface area contributed by atoms with Gasteiger partial charge in [0.15, 0.2) is 5.58 Å². The predicted octanol–water partition coefficient (Wildman–Crippen LogP) is 2.70. The van der Waals surface area contributed by atoms with Crippen LogP contribution in [0.3, 0.4) is 0 Å². The van der Waals surface area contributed by atoms with E-state index in [0.717, 1.165) is 5.56 Å². The van der Waals surface area contributed by atoms with Gasteiger partial charge in [-0.3, -0.25) is 9.59 Å². The minimum atomic E-state index is -0.507. The van der Waals surface area contributed by atoms with Crippen molar-refractivity contribution in [1.82, 2.24) is 10.3 Å². The number of benzene rings is 2. The number of nitrogens with one attached hydrogen (secondary N) is 1. The van der Waals surface area contributed by atoms with Gasteiger partial charge in [-0.15, -0.1) is 0 Å². The van der Waals surface area contributed by atoms with Crippen molar-refractivity contribution in [1.29, 1.82) is 0 Å². The van der Waals surface area contributed by atoms with Crippen LogP contribution in [0.25, 0.3) is 17.2 Å². The predicted molar refractivity (Wildman–Crippen MR) is 92.3 cm³/mol. The molecule has 0 radical (unpaired) electrons. The zero-order valence-electron chi connectivity index (χ0n) is 13.3. The number of hydrogen-bond acceptors (Lipinski definition) is 5. The Morgan fingerprint density at radius 3 is 2.64 bits per heavy atom. The van der Waals surface area contributed by atoms with Gasteiger partial charge in [0.25, 0.3) is 0 Å². The Bertz CT molecular complexity index is 867. The molecule has 0 fully saturated rings. The van der Waals surface area contributed by atoms with E-state index in [4.69, 9.17) is 9.15 Å². The van der Waals surface area contributed by atoms with Crippen molar-refractivity contribution in [3.8, 4) is 0 Å². The van der Waals surface area contributed by atoms with Crippen LogP contribution in [-0.4, -0.2) is 23.4 Å². The topological polar surface area (TPSA) is 81.4 Å². The number of amides is 1. The number of oxazole rings is 1. The molecule has 0 saturated carbocycles. The van der Waals surface area contributed by atoms with E-state index in [9.17, 15) is 9.59 Å². The van der Waals surface area contributed by atoms with Gasteiger partial charge >= 0.3 is 5.97 Å². The number of esters is 1. The molecule has 0 unspecified atom stereocenters. The molecule has 6 nitrogen and oxygen atoms in total. The monoisotopic (exact) mass is 336 g/mol. The molecule has 1 aromatic heterocycles. The molecule has 0 aliphatic carbocycles. The Morgan fingerprint density at radius 1 is 1.08 bits per heavy atom. The number of carbonyl (C=O) groups is 2. The first kappa shape index (κ1) is 16.4. The van der Waals surface area contributed by atoms with Gasteiger partial charge < -0.3 is 14.5 Å². The first-order valence-corrected chi connectivity index (χ1v) is 7.72. The summed E-state index contributed by atoms with van der Waals surface area (Å²) in [4.78, 5) is 27.6. The molecule has 0 aliphatic heterocycles. The minimum absolute atomic E-state index is 0.175. The van der Waals surface area contributed by atoms with Gasteiger partial charge in [-0.2, -0.15) is 0 Å². The quantitative estimate of drug-likeness (QED) is 0.553. The normalized spacial score (nSPS) is 10.9. The highest BCUT2D eigenvalue weighted by atomic mass is 16.5. The number of ether oxygens (including phenoxy) is 1. The summed E-state index contributed by atoms with van der Waals surface area (Å²) in [5.74, 6) is -0.616. The molecule has 126 valence electrons. The molecule has 1 N–H and O–H groups in total. The fourth-order valence-corrected chi connectivity index (χ4v) is 2.12. The molecule has 3 aromatic rings. The summed E-state index contributed by atoms with van der Waals surface area (Å²) in [6, 6.07) is 16.6. The zero-order valence-corrected chi connectivity index (χ0v) is 13.3. The van der Waals surface area contributed by atoms with Gasteiger partial charge in [0.2, 0.25) is 11.8 Å². The molecule has 2 aromatic carbocycles. The molecule has 0 aliphatic rings. The van der Waals surface area contributed by atoms with Crippen LogP contribution in [0.15, 0.2) is 65.1 Å². The van der Waals surface area contributed by atoms with E-state index >= 15 is 0 Å². The molecule has 6 heteroatoms. The van der Waals surface area contributed by atoms with Gasteiger partial charge in [0.1, 0.15) is 18.7 Å². The van der Waals surface area contributed by atoms with Crippen LogP contribution in [0.2, 0.25) is 0 Å². The van der Waals surface area contributed by atoms with Gasteiger partial charge in [0.05, 0.1) is 0 Å². The Balaban J connectivity index is 1.45. The SMILES string of the molecule is O=C(/C=C/c1nc2ccccc2o1)NCC(=O)OCc1ccccc1. The minimum Gasteiger partial charge on any atom is -0.460 e. The maximum absolute atomic E-state index is 11.7. The van der Waals surface area contributed by atoms with Crippen molar-refractivity contribution in [2.75, 3.05) is 6.54 Å². The molecule has 0 bridgehead atoms. The number of carbonyl (C=O) groups excluding carboxylic acids is 2. The third-order valence-corrected chi connectivity index (χ3v) is 3.34. The fraction of sp³-hybridized carbons (Fsp3) is 0.105. The van der Waals surface area contributed by atoms with E-state index in [1.165, 1.54) is 12.2 Å². The fourth-order valence-electron chi connectivity index (χ4n) is 2.12. The van der Waals surface area contributed by atoms with Crippen LogP contribution in [-0.2, 0) is 20.9 Å². The van der Waals surface area contributed by atoms with E-state index in [2.05, 4.69) is 10.3 Å². The Kier molecular flexibility index (Phi) is 5.21. The number of rotatable bonds is 6. The maximum Gasteiger partial charge on any atom is 0.325 e. The van der Waals surface area contributed by atoms with Crippen molar-refractivity contribution in [2.24, 2.45) is 0 Å². The number of fused-ring (bicyclic) bond motifs is 1. The number of hydrogen-bond donors (Lipinski definition) is 1. The third kappa shape index (κ3) is 4.78. The standard InChI is InChI=1S/C19H16N2O4/c22-17(10-11-18-21-15-8-4-5-9-16(15)25-18)20-12-19(23)24-13-14-6-2-1-3-7-14/h1-11H,12-13H2,(H,20,22)/b11-10+. The average molecular weight is 336 g/mol. The molecule has 0 spiro atoms. The van der Waals surface area contributed by atoms with Crippen LogP contribution >= 0.6 is 0 Å². The Labute approximate surface area is 144 Å². The summed E-state index contributed by atoms with van der Waals surface area (Å²) in [5.41, 5.74) is 2.25. The van der Waals surface area contributed by atoms with Crippen molar-refractivity contribution in [3.63, 3.8) is 0 Å². The van der Waals surface area contributed by atoms with Crippen LogP contribution < -0.4 is 5.32 Å². The summed E-state index contributed by atoms with van der Waals surface area (Å²) in [6.45, 7) is -0.0299. The zero-order chi connectivity index (χ0) is 17.5. The second-order valence-electron chi connectivity index (χ2n) is 5.22. The van der Waals surface area contributed by atoms with E-state index in [1.54, 1.807) is 6.07 Å². The first-order valence-electron chi connectivity index (χ1n) is 7.72. The third-order valence-electron chi connectivity index (χ3n) is 3.34. The average Bonchev–Trinajstić information content (AvgIpc) is 3.07. The van der Waals surface area contributed by atoms with Crippen LogP contribution in [0.1, 0.15) is 11.5 Å². The molecule has 0 saturated heterocycles. The van der Waals surface area contributed by atoms with Crippen molar-refractivity contribution in [2.45, 2.75) is 6.61 Å². The summed E-state index contributed by atoms with van der Waals surface area (Å²) in [7, 11) is 0. The molecule has 1 heterocycles. The Morgan fingerprint density at radius 2 is 1.84 bits per heavy atom. The van der Waals surface area contributed by atoms with E-state index in [1.807, 2.05) is 48.5 Å². The lowest BCUT2D eigenvalue weighted by Gasteiger charge is -2.05. The highest BCUT2D eigenvalue weighted by Gasteiger charge is 2.06. The second-order valence-corrected chi connectivity index (χ2v) is 5.22. The Hall–Kier alpha value is -3.41. The summed E-state index contributed by atoms with van der Waals surface area (Å²) in [5, 5.41) is 2.45. The van der Waals surface area contributed by atoms with E-state index in [0.29, 0.717) is 17.0 Å². The maximum atomic E-state index is 11.7. The highest BCUT2D eigenvalue weighted by Crippen LogP contribution is 2.15. The molecule has 0 atom stereocenters. The van der Waals surface area contributed by atoms with E-state index < -0.39 is 11.9 Å². The lowest BCUT2D eigenvalue weighted by atomic mass is 10.2. The summed E-state index contributed by atoms with van der Waals surface area (Å²) < 4.78 is 10.5. The number of para-hydroxylation sites is 2. The highest BCUT2D eigenvalue weighted by molar-refractivity contribution is 5.93. The molecule has 3 rings (SSSR count). The molecular formula is C19H16N2O4. The van der Waals surface area contributed by atoms with Gasteiger partial charge in [-0.1, -0.05) is 42.5 Å². The lowest BCUT2D eigenvalue weighted by molar-refractivity contribution is -0.144. The van der Waals surface area contributed by atoms with Gasteiger partial charge in [0, 0.05) is 12.2 Å². The van der Waals surface area contributed by atoms with Crippen molar-refractivity contribution in [3.05, 3.63) is 72.1 Å². The van der Waals surface area contributed by atoms with Gasteiger partial charge in [-0.25, -0.2) is 4.98 Å². The van der Waals surface area contributed by atoms with Crippen molar-refractivity contribution >= 4 is 29.1 Å². The molecular weight excluding hydrogens is 320 g/mol. The van der Waals surface area contributed by atoms with Gasteiger partial charge in [-0.05, 0) is 17.7 Å². The second kappa shape index (κ2) is 7.92. The first-order chi connectivity index (χ1) is 12.2. The number of nitrogens with zero attached hydrogens (tertiary/aromatic N) is 1. The number of aromatic nitrogens is 1. The smallest absolute Gasteiger partial charge is 0.325 e. The largest absolute Gasteiger partial charge is 0.460 e. The van der Waals surface area contributed by atoms with Crippen LogP contribution in [0.4, 0.5) is 0 Å². The summed E-state index contributed by atoms with van der Waals surface area (Å²) in [6.07, 6.45) is 2.71. The molecule has 1 amide bonds. The summed E-state index contributed by atoms with van der Waals surface area (Å²) >= 11 is 0.